The van der Waals surface area contributed by atoms with E-state index in [1.165, 1.54) is 0 Å². The Morgan fingerprint density at radius 3 is 2.21 bits per heavy atom. The maximum absolute atomic E-state index is 11.7. The second-order valence-electron chi connectivity index (χ2n) is 5.13. The largest absolute Gasteiger partial charge is 0.480 e. The number of carbonyl (C=O) groups excluding carboxylic acids is 1. The number of carboxylic acids is 1. The summed E-state index contributed by atoms with van der Waals surface area (Å²) in [6.45, 7) is 6.62. The fourth-order valence-corrected chi connectivity index (χ4v) is 2.65. The van der Waals surface area contributed by atoms with E-state index in [4.69, 9.17) is 5.11 Å². The monoisotopic (exact) mass is 295 g/mol. The molecule has 0 aliphatic rings. The van der Waals surface area contributed by atoms with E-state index in [9.17, 15) is 18.0 Å². The minimum absolute atomic E-state index is 0.173. The van der Waals surface area contributed by atoms with E-state index in [1.54, 1.807) is 27.7 Å². The third kappa shape index (κ3) is 7.12. The molecule has 8 heteroatoms. The van der Waals surface area contributed by atoms with E-state index >= 15 is 0 Å². The van der Waals surface area contributed by atoms with Crippen molar-refractivity contribution in [2.24, 2.45) is 5.41 Å². The highest BCUT2D eigenvalue weighted by molar-refractivity contribution is 7.89. The molecule has 0 radical (unpaired) electrons. The SMILES string of the molecule is CCOC(=O)CCS(=O)(=O)N[C@H](C(=O)O)C(C)(C)C. The van der Waals surface area contributed by atoms with Gasteiger partial charge in [0.2, 0.25) is 10.0 Å². The van der Waals surface area contributed by atoms with Crippen LogP contribution >= 0.6 is 0 Å². The van der Waals surface area contributed by atoms with Gasteiger partial charge in [0.25, 0.3) is 0 Å². The van der Waals surface area contributed by atoms with Crippen molar-refractivity contribution in [1.82, 2.24) is 4.72 Å². The lowest BCUT2D eigenvalue weighted by molar-refractivity contribution is -0.143. The molecular formula is C11H21NO6S. The molecule has 7 nitrogen and oxygen atoms in total. The average Bonchev–Trinajstić information content (AvgIpc) is 2.22. The van der Waals surface area contributed by atoms with Crippen LogP contribution in [0.4, 0.5) is 0 Å². The van der Waals surface area contributed by atoms with E-state index in [0.717, 1.165) is 0 Å². The van der Waals surface area contributed by atoms with Crippen molar-refractivity contribution in [2.75, 3.05) is 12.4 Å². The number of esters is 1. The standard InChI is InChI=1S/C11H21NO6S/c1-5-18-8(13)6-7-19(16,17)12-9(10(14)15)11(2,3)4/h9,12H,5-7H2,1-4H3,(H,14,15)/t9-/m1/s1. The number of hydrogen-bond donors (Lipinski definition) is 2. The first kappa shape index (κ1) is 17.8. The van der Waals surface area contributed by atoms with E-state index in [0.29, 0.717) is 0 Å². The minimum Gasteiger partial charge on any atom is -0.480 e. The molecule has 0 saturated heterocycles. The highest BCUT2D eigenvalue weighted by atomic mass is 32.2. The summed E-state index contributed by atoms with van der Waals surface area (Å²) < 4.78 is 30.1. The van der Waals surface area contributed by atoms with Gasteiger partial charge in [-0.15, -0.1) is 0 Å². The zero-order valence-electron chi connectivity index (χ0n) is 11.6. The van der Waals surface area contributed by atoms with Gasteiger partial charge in [0, 0.05) is 0 Å². The number of ether oxygens (including phenoxy) is 1. The maximum atomic E-state index is 11.7. The number of carbonyl (C=O) groups is 2. The second kappa shape index (κ2) is 6.85. The van der Waals surface area contributed by atoms with Crippen molar-refractivity contribution in [3.05, 3.63) is 0 Å². The minimum atomic E-state index is -3.85. The van der Waals surface area contributed by atoms with E-state index in [2.05, 4.69) is 9.46 Å². The number of hydrogen-bond acceptors (Lipinski definition) is 5. The number of nitrogens with one attached hydrogen (secondary N) is 1. The van der Waals surface area contributed by atoms with E-state index in [-0.39, 0.29) is 13.0 Å². The van der Waals surface area contributed by atoms with Gasteiger partial charge in [-0.25, -0.2) is 13.1 Å². The van der Waals surface area contributed by atoms with Gasteiger partial charge in [0.1, 0.15) is 6.04 Å². The van der Waals surface area contributed by atoms with Gasteiger partial charge in [0.15, 0.2) is 0 Å². The molecular weight excluding hydrogens is 274 g/mol. The fourth-order valence-electron chi connectivity index (χ4n) is 1.29. The van der Waals surface area contributed by atoms with Crippen molar-refractivity contribution >= 4 is 22.0 Å². The molecule has 0 unspecified atom stereocenters. The van der Waals surface area contributed by atoms with Crippen LogP contribution in [0.5, 0.6) is 0 Å². The molecule has 112 valence electrons. The molecule has 19 heavy (non-hydrogen) atoms. The fraction of sp³-hybridized carbons (Fsp3) is 0.818. The summed E-state index contributed by atoms with van der Waals surface area (Å²) in [6, 6.07) is -1.25. The lowest BCUT2D eigenvalue weighted by Crippen LogP contribution is -2.49. The Hall–Kier alpha value is -1.15. The molecule has 0 bridgehead atoms. The summed E-state index contributed by atoms with van der Waals surface area (Å²) in [5.41, 5.74) is -0.775. The van der Waals surface area contributed by atoms with Gasteiger partial charge in [0.05, 0.1) is 18.8 Å². The third-order valence-electron chi connectivity index (χ3n) is 2.29. The van der Waals surface area contributed by atoms with Crippen LogP contribution < -0.4 is 4.72 Å². The molecule has 0 spiro atoms. The Kier molecular flexibility index (Phi) is 6.44. The van der Waals surface area contributed by atoms with Gasteiger partial charge in [-0.3, -0.25) is 9.59 Å². The number of aliphatic carboxylic acids is 1. The number of carboxylic acid groups (broad SMARTS) is 1. The smallest absolute Gasteiger partial charge is 0.322 e. The van der Waals surface area contributed by atoms with Crippen molar-refractivity contribution in [2.45, 2.75) is 40.2 Å². The van der Waals surface area contributed by atoms with Crippen molar-refractivity contribution < 1.29 is 27.9 Å². The third-order valence-corrected chi connectivity index (χ3v) is 3.63. The van der Waals surface area contributed by atoms with E-state index in [1.807, 2.05) is 0 Å². The summed E-state index contributed by atoms with van der Waals surface area (Å²) >= 11 is 0. The highest BCUT2D eigenvalue weighted by Gasteiger charge is 2.34. The molecule has 0 aromatic carbocycles. The lowest BCUT2D eigenvalue weighted by atomic mass is 9.88. The zero-order chi connectivity index (χ0) is 15.3. The first-order chi connectivity index (χ1) is 8.49. The van der Waals surface area contributed by atoms with Gasteiger partial charge < -0.3 is 9.84 Å². The topological polar surface area (TPSA) is 110 Å². The summed E-state index contributed by atoms with van der Waals surface area (Å²) in [5, 5.41) is 9.02. The molecule has 0 aliphatic carbocycles. The van der Waals surface area contributed by atoms with Gasteiger partial charge in [-0.1, -0.05) is 20.8 Å². The zero-order valence-corrected chi connectivity index (χ0v) is 12.4. The summed E-state index contributed by atoms with van der Waals surface area (Å²) in [5.74, 6) is -2.38. The van der Waals surface area contributed by atoms with Crippen LogP contribution in [0, 0.1) is 5.41 Å². The predicted octanol–water partition coefficient (Wildman–Crippen LogP) is 0.358. The summed E-state index contributed by atoms with van der Waals surface area (Å²) in [7, 11) is -3.85. The van der Waals surface area contributed by atoms with Crippen molar-refractivity contribution in [3.8, 4) is 0 Å². The molecule has 0 rings (SSSR count). The molecule has 0 aliphatic heterocycles. The summed E-state index contributed by atoms with van der Waals surface area (Å²) in [4.78, 5) is 22.1. The Morgan fingerprint density at radius 1 is 1.32 bits per heavy atom. The van der Waals surface area contributed by atoms with Crippen LogP contribution in [0.1, 0.15) is 34.1 Å². The van der Waals surface area contributed by atoms with Crippen LogP contribution in [-0.2, 0) is 24.3 Å². The van der Waals surface area contributed by atoms with Gasteiger partial charge in [-0.05, 0) is 12.3 Å². The summed E-state index contributed by atoms with van der Waals surface area (Å²) in [6.07, 6.45) is -0.306. The molecule has 2 N–H and O–H groups in total. The molecule has 0 aromatic heterocycles. The van der Waals surface area contributed by atoms with Gasteiger partial charge in [-0.2, -0.15) is 0 Å². The Morgan fingerprint density at radius 2 is 1.84 bits per heavy atom. The lowest BCUT2D eigenvalue weighted by Gasteiger charge is -2.27. The van der Waals surface area contributed by atoms with Crippen molar-refractivity contribution in [3.63, 3.8) is 0 Å². The first-order valence-electron chi connectivity index (χ1n) is 5.88. The Bertz CT molecular complexity index is 423. The molecule has 0 saturated carbocycles. The number of rotatable bonds is 7. The second-order valence-corrected chi connectivity index (χ2v) is 7.00. The Labute approximate surface area is 113 Å². The molecule has 1 atom stereocenters. The number of sulfonamides is 1. The predicted molar refractivity (Wildman–Crippen MR) is 69.1 cm³/mol. The van der Waals surface area contributed by atoms with Gasteiger partial charge >= 0.3 is 11.9 Å². The van der Waals surface area contributed by atoms with Crippen LogP contribution in [-0.4, -0.2) is 43.9 Å². The van der Waals surface area contributed by atoms with E-state index < -0.39 is 39.2 Å². The van der Waals surface area contributed by atoms with Crippen molar-refractivity contribution in [1.29, 1.82) is 0 Å². The molecule has 0 heterocycles. The maximum Gasteiger partial charge on any atom is 0.322 e. The average molecular weight is 295 g/mol. The van der Waals surface area contributed by atoms with Crippen LogP contribution in [0.2, 0.25) is 0 Å². The molecule has 0 amide bonds. The Balaban J connectivity index is 4.67. The quantitative estimate of drug-likeness (QED) is 0.656. The van der Waals surface area contributed by atoms with Crippen LogP contribution in [0.3, 0.4) is 0 Å². The molecule has 0 aromatic rings. The van der Waals surface area contributed by atoms with Crippen LogP contribution in [0.25, 0.3) is 0 Å². The van der Waals surface area contributed by atoms with Crippen LogP contribution in [0.15, 0.2) is 0 Å². The normalized spacial score (nSPS) is 13.9. The molecule has 0 fully saturated rings. The highest BCUT2D eigenvalue weighted by Crippen LogP contribution is 2.20. The first-order valence-corrected chi connectivity index (χ1v) is 7.53.